The molecule has 3 aromatic heterocycles. The van der Waals surface area contributed by atoms with Crippen LogP contribution in [0.25, 0.3) is 32.7 Å². The molecule has 0 radical (unpaired) electrons. The second-order valence-electron chi connectivity index (χ2n) is 19.9. The van der Waals surface area contributed by atoms with Gasteiger partial charge in [0.25, 0.3) is 0 Å². The summed E-state index contributed by atoms with van der Waals surface area (Å²) >= 11 is 8.22. The van der Waals surface area contributed by atoms with Crippen LogP contribution in [0.1, 0.15) is 41.5 Å². The van der Waals surface area contributed by atoms with Crippen LogP contribution in [0, 0.1) is 0 Å². The number of nitrogens with one attached hydrogen (secondary N) is 11. The second-order valence-corrected chi connectivity index (χ2v) is 20.6. The van der Waals surface area contributed by atoms with E-state index >= 15 is 0 Å². The molecule has 23 nitrogen and oxygen atoms in total. The molecule has 438 valence electrons. The number of aliphatic carboxylic acids is 1. The highest BCUT2D eigenvalue weighted by Crippen LogP contribution is 2.23. The first-order valence-corrected chi connectivity index (χ1v) is 28.3. The number of H-pyrrole nitrogens is 3. The Morgan fingerprint density at radius 1 is 0.446 bits per heavy atom. The molecule has 0 bridgehead atoms. The van der Waals surface area contributed by atoms with Crippen molar-refractivity contribution in [2.45, 2.75) is 87.2 Å². The number of nitrogens with two attached hydrogens (primary N) is 2. The monoisotopic (exact) mass is 1170 g/mol. The van der Waals surface area contributed by atoms with Gasteiger partial charge in [-0.2, -0.15) is 25.3 Å². The summed E-state index contributed by atoms with van der Waals surface area (Å²) in [5, 5.41) is 33.2. The number of carboxylic acids is 1. The van der Waals surface area contributed by atoms with Crippen LogP contribution >= 0.6 is 25.3 Å². The number of hydrogen-bond donors (Lipinski definition) is 16. The maximum absolute atomic E-state index is 14.5. The Balaban J connectivity index is 1.03. The number of unbranched alkanes of at least 4 members (excludes halogenated alkanes) is 1. The molecule has 4 aromatic carbocycles. The predicted molar refractivity (Wildman–Crippen MR) is 320 cm³/mol. The number of aromatic amines is 3. The number of amides is 8. The topological polar surface area (TPSA) is 370 Å². The van der Waals surface area contributed by atoms with Gasteiger partial charge >= 0.3 is 5.97 Å². The molecule has 0 saturated carbocycles. The van der Waals surface area contributed by atoms with Crippen LogP contribution in [-0.2, 0) is 68.8 Å². The summed E-state index contributed by atoms with van der Waals surface area (Å²) in [6.45, 7) is -1.01. The number of benzene rings is 4. The smallest absolute Gasteiger partial charge is 0.327 e. The van der Waals surface area contributed by atoms with Crippen molar-refractivity contribution >= 4 is 111 Å². The van der Waals surface area contributed by atoms with E-state index in [1.807, 2.05) is 72.8 Å². The number of carbonyl (C=O) groups excluding carboxylic acids is 8. The van der Waals surface area contributed by atoms with Gasteiger partial charge in [-0.25, -0.2) is 4.79 Å². The van der Waals surface area contributed by atoms with Gasteiger partial charge in [0, 0.05) is 88.5 Å². The largest absolute Gasteiger partial charge is 0.480 e. The molecule has 7 aromatic rings. The Kier molecular flexibility index (Phi) is 22.7. The van der Waals surface area contributed by atoms with Crippen LogP contribution < -0.4 is 54.0 Å². The first-order chi connectivity index (χ1) is 40.0. The lowest BCUT2D eigenvalue weighted by molar-refractivity contribution is -0.141. The molecule has 7 atom stereocenters. The number of hydrogen-bond acceptors (Lipinski definition) is 13. The van der Waals surface area contributed by atoms with Gasteiger partial charge in [-0.05, 0) is 66.3 Å². The zero-order valence-electron chi connectivity index (χ0n) is 45.2. The molecule has 25 heteroatoms. The van der Waals surface area contributed by atoms with Gasteiger partial charge in [-0.15, -0.1) is 0 Å². The van der Waals surface area contributed by atoms with E-state index in [-0.39, 0.29) is 43.6 Å². The van der Waals surface area contributed by atoms with Crippen molar-refractivity contribution < 1.29 is 48.3 Å². The fourth-order valence-corrected chi connectivity index (χ4v) is 9.86. The van der Waals surface area contributed by atoms with Crippen LogP contribution in [-0.4, -0.2) is 147 Å². The number of carbonyl (C=O) groups is 9. The summed E-state index contributed by atoms with van der Waals surface area (Å²) in [5.41, 5.74) is 16.7. The summed E-state index contributed by atoms with van der Waals surface area (Å²) in [6.07, 6.45) is 5.98. The van der Waals surface area contributed by atoms with Crippen LogP contribution in [0.2, 0.25) is 0 Å². The first-order valence-electron chi connectivity index (χ1n) is 27.0. The van der Waals surface area contributed by atoms with Gasteiger partial charge in [0.1, 0.15) is 36.3 Å². The van der Waals surface area contributed by atoms with Crippen LogP contribution in [0.15, 0.2) is 122 Å². The molecule has 7 rings (SSSR count). The highest BCUT2D eigenvalue weighted by Gasteiger charge is 2.33. The maximum Gasteiger partial charge on any atom is 0.327 e. The third kappa shape index (κ3) is 17.4. The fraction of sp³-hybridized carbons (Fsp3) is 0.328. The Hall–Kier alpha value is -8.65. The van der Waals surface area contributed by atoms with E-state index in [1.165, 1.54) is 0 Å². The summed E-state index contributed by atoms with van der Waals surface area (Å²) in [7, 11) is 0. The lowest BCUT2D eigenvalue weighted by Crippen LogP contribution is -2.58. The SMILES string of the molecule is NCCCC[C@H](NC(=O)[C@H](Cc1c[nH]c2ccccc12)NC(=O)[C@@H](N)CS)C(=O)NCC(=O)N[C@@H](Cc1ccccc1)C(=O)NCC(=O)N[C@@H](Cc1c[nH]c2ccccc12)C(=O)N[C@@H](Cc1c[nH]c2ccccc12)C(=O)N[C@@H](CS)C(=O)O. The third-order valence-corrected chi connectivity index (χ3v) is 14.7. The normalized spacial score (nSPS) is 13.8. The van der Waals surface area contributed by atoms with Gasteiger partial charge < -0.3 is 74.1 Å². The average molecular weight is 1170 g/mol. The van der Waals surface area contributed by atoms with Crippen molar-refractivity contribution in [3.8, 4) is 0 Å². The molecule has 0 fully saturated rings. The zero-order chi connectivity index (χ0) is 59.4. The van der Waals surface area contributed by atoms with Gasteiger partial charge in [0.2, 0.25) is 47.3 Å². The molecule has 0 aliphatic rings. The summed E-state index contributed by atoms with van der Waals surface area (Å²) in [6, 6.07) is 22.0. The first kappa shape index (κ1) is 62.0. The van der Waals surface area contributed by atoms with Crippen molar-refractivity contribution in [2.24, 2.45) is 11.5 Å². The Labute approximate surface area is 488 Å². The van der Waals surface area contributed by atoms with Gasteiger partial charge in [-0.3, -0.25) is 38.4 Å². The van der Waals surface area contributed by atoms with E-state index in [9.17, 15) is 48.3 Å². The molecule has 83 heavy (non-hydrogen) atoms. The summed E-state index contributed by atoms with van der Waals surface area (Å²) < 4.78 is 0. The number of carboxylic acid groups (broad SMARTS) is 1. The van der Waals surface area contributed by atoms with Crippen LogP contribution in [0.4, 0.5) is 0 Å². The molecule has 8 amide bonds. The molecule has 0 unspecified atom stereocenters. The molecular weight excluding hydrogens is 1100 g/mol. The van der Waals surface area contributed by atoms with Crippen molar-refractivity contribution in [1.82, 2.24) is 57.5 Å². The minimum absolute atomic E-state index is 0.00723. The van der Waals surface area contributed by atoms with Crippen molar-refractivity contribution in [3.05, 3.63) is 144 Å². The Morgan fingerprint density at radius 3 is 1.27 bits per heavy atom. The molecule has 0 aliphatic carbocycles. The molecule has 0 saturated heterocycles. The van der Waals surface area contributed by atoms with E-state index < -0.39 is 109 Å². The lowest BCUT2D eigenvalue weighted by Gasteiger charge is -2.25. The highest BCUT2D eigenvalue weighted by molar-refractivity contribution is 7.80. The Bertz CT molecular complexity index is 3410. The van der Waals surface area contributed by atoms with Crippen molar-refractivity contribution in [3.63, 3.8) is 0 Å². The van der Waals surface area contributed by atoms with Gasteiger partial charge in [0.15, 0.2) is 0 Å². The molecule has 0 aliphatic heterocycles. The van der Waals surface area contributed by atoms with Crippen molar-refractivity contribution in [1.29, 1.82) is 0 Å². The molecule has 0 spiro atoms. The van der Waals surface area contributed by atoms with Crippen molar-refractivity contribution in [2.75, 3.05) is 31.1 Å². The lowest BCUT2D eigenvalue weighted by atomic mass is 10.0. The standard InChI is InChI=1S/C58H69N13O10S2/c59-21-11-10-20-44(68-56(78)47(69-52(74)40(60)31-82)24-35-27-62-42-18-8-5-15-38(35)42)53(75)64-29-50(72)66-45(22-33-12-2-1-3-13-33)54(76)65-30-51(73)67-46(23-34-26-61-41-17-7-4-14-37(34)41)55(77)70-48(57(79)71-49(32-83)58(80)81)25-36-28-63-43-19-9-6-16-39(36)43/h1-9,12-19,26-28,40,44-49,61-63,82-83H,10-11,20-25,29-32,59-60H2,(H,64,75)(H,65,76)(H,66,72)(H,67,73)(H,68,78)(H,69,74)(H,70,77)(H,71,79)(H,80,81)/t40-,44-,45-,46-,47-,48-,49-/m0/s1. The molecular formula is C58H69N13O10S2. The minimum Gasteiger partial charge on any atom is -0.480 e. The number of aromatic nitrogens is 3. The van der Waals surface area contributed by atoms with Crippen LogP contribution in [0.3, 0.4) is 0 Å². The molecule has 3 heterocycles. The van der Waals surface area contributed by atoms with E-state index in [4.69, 9.17) is 11.5 Å². The van der Waals surface area contributed by atoms with Gasteiger partial charge in [0.05, 0.1) is 19.1 Å². The number of fused-ring (bicyclic) bond motifs is 3. The highest BCUT2D eigenvalue weighted by atomic mass is 32.1. The third-order valence-electron chi connectivity index (χ3n) is 13.9. The van der Waals surface area contributed by atoms with E-state index in [1.54, 1.807) is 48.9 Å². The maximum atomic E-state index is 14.5. The van der Waals surface area contributed by atoms with E-state index in [0.29, 0.717) is 36.1 Å². The number of para-hydroxylation sites is 3. The molecule has 16 N–H and O–H groups in total. The number of rotatable bonds is 31. The summed E-state index contributed by atoms with van der Waals surface area (Å²) in [5.74, 6) is -7.61. The predicted octanol–water partition coefficient (Wildman–Crippen LogP) is 0.943. The zero-order valence-corrected chi connectivity index (χ0v) is 47.0. The van der Waals surface area contributed by atoms with E-state index in [2.05, 4.69) is 82.7 Å². The number of thiol groups is 2. The minimum atomic E-state index is -1.39. The summed E-state index contributed by atoms with van der Waals surface area (Å²) in [4.78, 5) is 133. The fourth-order valence-electron chi connectivity index (χ4n) is 9.45. The Morgan fingerprint density at radius 2 is 0.831 bits per heavy atom. The quantitative estimate of drug-likeness (QED) is 0.0213. The van der Waals surface area contributed by atoms with E-state index in [0.717, 1.165) is 38.3 Å². The van der Waals surface area contributed by atoms with Crippen LogP contribution in [0.5, 0.6) is 0 Å². The van der Waals surface area contributed by atoms with Gasteiger partial charge in [-0.1, -0.05) is 84.9 Å². The second kappa shape index (κ2) is 30.4. The average Bonchev–Trinajstić information content (AvgIpc) is 4.45.